The molecule has 0 spiro atoms. The number of rotatable bonds is 7. The zero-order chi connectivity index (χ0) is 15.3. The van der Waals surface area contributed by atoms with Crippen LogP contribution in [0.25, 0.3) is 0 Å². The van der Waals surface area contributed by atoms with E-state index in [-0.39, 0.29) is 5.41 Å². The molecule has 2 nitrogen and oxygen atoms in total. The molecule has 0 saturated heterocycles. The van der Waals surface area contributed by atoms with Gasteiger partial charge < -0.3 is 5.32 Å². The molecule has 114 valence electrons. The molecule has 0 radical (unpaired) electrons. The van der Waals surface area contributed by atoms with Crippen LogP contribution in [0.15, 0.2) is 35.7 Å². The lowest BCUT2D eigenvalue weighted by Crippen LogP contribution is -2.46. The summed E-state index contributed by atoms with van der Waals surface area (Å²) in [5, 5.41) is 7.10. The third-order valence-corrected chi connectivity index (χ3v) is 5.06. The van der Waals surface area contributed by atoms with E-state index in [1.807, 2.05) is 0 Å². The predicted octanol–water partition coefficient (Wildman–Crippen LogP) is 4.34. The Labute approximate surface area is 132 Å². The highest BCUT2D eigenvalue weighted by Gasteiger charge is 2.31. The van der Waals surface area contributed by atoms with Crippen molar-refractivity contribution in [2.75, 3.05) is 6.54 Å². The molecule has 1 atom stereocenters. The van der Waals surface area contributed by atoms with Crippen LogP contribution in [-0.4, -0.2) is 17.6 Å². The van der Waals surface area contributed by atoms with Gasteiger partial charge in [0.2, 0.25) is 0 Å². The summed E-state index contributed by atoms with van der Waals surface area (Å²) in [6, 6.07) is 11.2. The highest BCUT2D eigenvalue weighted by atomic mass is 32.1. The number of nitrogens with one attached hydrogen (secondary N) is 1. The highest BCUT2D eigenvalue weighted by Crippen LogP contribution is 2.29. The monoisotopic (exact) mass is 302 g/mol. The molecule has 0 fully saturated rings. The van der Waals surface area contributed by atoms with Gasteiger partial charge in [-0.3, -0.25) is 0 Å². The van der Waals surface area contributed by atoms with E-state index >= 15 is 0 Å². The summed E-state index contributed by atoms with van der Waals surface area (Å²) < 4.78 is 0. The van der Waals surface area contributed by atoms with Gasteiger partial charge in [-0.05, 0) is 25.5 Å². The van der Waals surface area contributed by atoms with Gasteiger partial charge in [0.15, 0.2) is 0 Å². The Balaban J connectivity index is 2.21. The quantitative estimate of drug-likeness (QED) is 0.823. The first kappa shape index (κ1) is 16.2. The number of thiazole rings is 1. The number of benzene rings is 1. The molecular formula is C18H26N2S. The zero-order valence-corrected chi connectivity index (χ0v) is 14.3. The molecule has 2 rings (SSSR count). The van der Waals surface area contributed by atoms with Gasteiger partial charge in [-0.15, -0.1) is 11.3 Å². The summed E-state index contributed by atoms with van der Waals surface area (Å²) in [4.78, 5) is 4.64. The standard InChI is InChI=1S/C18H26N2S/c1-5-11-19-16(12-17-20-14(2)13-21-17)18(3,4)15-9-7-6-8-10-15/h6-10,13,16,19H,5,11-12H2,1-4H3. The number of hydrogen-bond acceptors (Lipinski definition) is 3. The number of hydrogen-bond donors (Lipinski definition) is 1. The molecule has 3 heteroatoms. The fraction of sp³-hybridized carbons (Fsp3) is 0.500. The maximum atomic E-state index is 4.64. The summed E-state index contributed by atoms with van der Waals surface area (Å²) >= 11 is 1.77. The van der Waals surface area contributed by atoms with Crippen LogP contribution in [0, 0.1) is 6.92 Å². The predicted molar refractivity (Wildman–Crippen MR) is 92.1 cm³/mol. The Hall–Kier alpha value is -1.19. The summed E-state index contributed by atoms with van der Waals surface area (Å²) in [6.45, 7) is 9.99. The molecule has 1 heterocycles. The minimum Gasteiger partial charge on any atom is -0.313 e. The second-order valence-corrected chi connectivity index (χ2v) is 7.12. The molecular weight excluding hydrogens is 276 g/mol. The third kappa shape index (κ3) is 4.14. The first-order valence-corrected chi connectivity index (χ1v) is 8.62. The van der Waals surface area contributed by atoms with Gasteiger partial charge in [0.25, 0.3) is 0 Å². The molecule has 1 unspecified atom stereocenters. The van der Waals surface area contributed by atoms with Crippen LogP contribution in [0.5, 0.6) is 0 Å². The first-order valence-electron chi connectivity index (χ1n) is 7.74. The molecule has 0 amide bonds. The van der Waals surface area contributed by atoms with Crippen molar-refractivity contribution in [1.82, 2.24) is 10.3 Å². The van der Waals surface area contributed by atoms with Gasteiger partial charge in [-0.1, -0.05) is 51.1 Å². The van der Waals surface area contributed by atoms with Crippen molar-refractivity contribution in [1.29, 1.82) is 0 Å². The van der Waals surface area contributed by atoms with E-state index in [4.69, 9.17) is 0 Å². The largest absolute Gasteiger partial charge is 0.313 e. The first-order chi connectivity index (χ1) is 10.0. The van der Waals surface area contributed by atoms with Crippen LogP contribution in [-0.2, 0) is 11.8 Å². The Morgan fingerprint density at radius 2 is 1.95 bits per heavy atom. The molecule has 0 aliphatic heterocycles. The minimum absolute atomic E-state index is 0.0794. The van der Waals surface area contributed by atoms with Crippen LogP contribution in [0.3, 0.4) is 0 Å². The Kier molecular flexibility index (Phi) is 5.54. The molecule has 0 aliphatic rings. The summed E-state index contributed by atoms with van der Waals surface area (Å²) in [5.41, 5.74) is 2.59. The van der Waals surface area contributed by atoms with Crippen LogP contribution in [0.4, 0.5) is 0 Å². The fourth-order valence-corrected chi connectivity index (χ4v) is 3.46. The van der Waals surface area contributed by atoms with Crippen LogP contribution < -0.4 is 5.32 Å². The summed E-state index contributed by atoms with van der Waals surface area (Å²) in [5.74, 6) is 0. The minimum atomic E-state index is 0.0794. The van der Waals surface area contributed by atoms with Crippen molar-refractivity contribution in [2.45, 2.75) is 52.0 Å². The van der Waals surface area contributed by atoms with E-state index in [0.717, 1.165) is 25.1 Å². The van der Waals surface area contributed by atoms with Gasteiger partial charge in [0, 0.05) is 29.0 Å². The van der Waals surface area contributed by atoms with Gasteiger partial charge in [-0.2, -0.15) is 0 Å². The Morgan fingerprint density at radius 1 is 1.24 bits per heavy atom. The average molecular weight is 302 g/mol. The Bertz CT molecular complexity index is 545. The van der Waals surface area contributed by atoms with Crippen molar-refractivity contribution in [3.63, 3.8) is 0 Å². The fourth-order valence-electron chi connectivity index (χ4n) is 2.64. The lowest BCUT2D eigenvalue weighted by molar-refractivity contribution is 0.337. The second-order valence-electron chi connectivity index (χ2n) is 6.18. The SMILES string of the molecule is CCCNC(Cc1nc(C)cs1)C(C)(C)c1ccccc1. The normalized spacial score (nSPS) is 13.3. The summed E-state index contributed by atoms with van der Waals surface area (Å²) in [7, 11) is 0. The van der Waals surface area contributed by atoms with Gasteiger partial charge in [-0.25, -0.2) is 4.98 Å². The maximum Gasteiger partial charge on any atom is 0.0943 e. The van der Waals surface area contributed by atoms with Crippen LogP contribution >= 0.6 is 11.3 Å². The van der Waals surface area contributed by atoms with E-state index in [1.54, 1.807) is 11.3 Å². The van der Waals surface area contributed by atoms with Gasteiger partial charge >= 0.3 is 0 Å². The van der Waals surface area contributed by atoms with Crippen molar-refractivity contribution in [3.05, 3.63) is 52.0 Å². The number of aryl methyl sites for hydroxylation is 1. The topological polar surface area (TPSA) is 24.9 Å². The van der Waals surface area contributed by atoms with Crippen molar-refractivity contribution in [3.8, 4) is 0 Å². The van der Waals surface area contributed by atoms with E-state index in [2.05, 4.69) is 73.7 Å². The second kappa shape index (κ2) is 7.19. The van der Waals surface area contributed by atoms with Crippen molar-refractivity contribution < 1.29 is 0 Å². The number of aromatic nitrogens is 1. The molecule has 1 aromatic heterocycles. The van der Waals surface area contributed by atoms with E-state index in [1.165, 1.54) is 10.6 Å². The average Bonchev–Trinajstić information content (AvgIpc) is 2.89. The smallest absolute Gasteiger partial charge is 0.0943 e. The summed E-state index contributed by atoms with van der Waals surface area (Å²) in [6.07, 6.45) is 2.14. The molecule has 0 saturated carbocycles. The highest BCUT2D eigenvalue weighted by molar-refractivity contribution is 7.09. The zero-order valence-electron chi connectivity index (χ0n) is 13.5. The molecule has 1 N–H and O–H groups in total. The molecule has 2 aromatic rings. The van der Waals surface area contributed by atoms with E-state index in [9.17, 15) is 0 Å². The third-order valence-electron chi connectivity index (χ3n) is 4.08. The number of nitrogens with zero attached hydrogens (tertiary/aromatic N) is 1. The van der Waals surface area contributed by atoms with E-state index < -0.39 is 0 Å². The molecule has 21 heavy (non-hydrogen) atoms. The lowest BCUT2D eigenvalue weighted by atomic mass is 9.76. The molecule has 0 bridgehead atoms. The lowest BCUT2D eigenvalue weighted by Gasteiger charge is -2.35. The van der Waals surface area contributed by atoms with E-state index in [0.29, 0.717) is 6.04 Å². The van der Waals surface area contributed by atoms with Gasteiger partial charge in [0.1, 0.15) is 0 Å². The van der Waals surface area contributed by atoms with Gasteiger partial charge in [0.05, 0.1) is 5.01 Å². The van der Waals surface area contributed by atoms with Crippen LogP contribution in [0.1, 0.15) is 43.5 Å². The molecule has 1 aromatic carbocycles. The van der Waals surface area contributed by atoms with Crippen LogP contribution in [0.2, 0.25) is 0 Å². The molecule has 0 aliphatic carbocycles. The van der Waals surface area contributed by atoms with Crippen molar-refractivity contribution >= 4 is 11.3 Å². The maximum absolute atomic E-state index is 4.64. The Morgan fingerprint density at radius 3 is 2.52 bits per heavy atom. The van der Waals surface area contributed by atoms with Crippen molar-refractivity contribution in [2.24, 2.45) is 0 Å².